The average Bonchev–Trinajstić information content (AvgIpc) is 2.76. The van der Waals surface area contributed by atoms with Gasteiger partial charge >= 0.3 is 0 Å². The summed E-state index contributed by atoms with van der Waals surface area (Å²) in [4.78, 5) is 0. The molecule has 0 radical (unpaired) electrons. The van der Waals surface area contributed by atoms with Crippen LogP contribution in [0.5, 0.6) is 5.75 Å². The standard InChI is InChI=1S/C13H17N3O.2ClH/c1-16-12(7-8-15-16)10-14-9-11-5-3-4-6-13(11)17-2;;/h3-8,14H,9-10H2,1-2H3;2*1H. The summed E-state index contributed by atoms with van der Waals surface area (Å²) in [6, 6.07) is 10.0. The minimum absolute atomic E-state index is 0. The van der Waals surface area contributed by atoms with Gasteiger partial charge in [-0.25, -0.2) is 0 Å². The molecule has 1 N–H and O–H groups in total. The van der Waals surface area contributed by atoms with Gasteiger partial charge in [0, 0.05) is 31.9 Å². The fourth-order valence-corrected chi connectivity index (χ4v) is 1.75. The van der Waals surface area contributed by atoms with Crippen molar-refractivity contribution in [2.75, 3.05) is 7.11 Å². The highest BCUT2D eigenvalue weighted by atomic mass is 35.5. The third-order valence-corrected chi connectivity index (χ3v) is 2.74. The number of hydrogen-bond acceptors (Lipinski definition) is 3. The number of halogens is 2. The van der Waals surface area contributed by atoms with Crippen molar-refractivity contribution >= 4 is 24.8 Å². The number of aromatic nitrogens is 2. The van der Waals surface area contributed by atoms with E-state index in [9.17, 15) is 0 Å². The predicted octanol–water partition coefficient (Wildman–Crippen LogP) is 2.56. The van der Waals surface area contributed by atoms with E-state index in [-0.39, 0.29) is 24.8 Å². The molecule has 1 aromatic heterocycles. The van der Waals surface area contributed by atoms with E-state index in [0.717, 1.165) is 24.4 Å². The minimum Gasteiger partial charge on any atom is -0.496 e. The molecular formula is C13H19Cl2N3O. The van der Waals surface area contributed by atoms with E-state index < -0.39 is 0 Å². The Morgan fingerprint density at radius 1 is 1.16 bits per heavy atom. The maximum absolute atomic E-state index is 5.30. The molecule has 0 spiro atoms. The largest absolute Gasteiger partial charge is 0.496 e. The molecule has 2 aromatic rings. The van der Waals surface area contributed by atoms with Crippen LogP contribution in [-0.4, -0.2) is 16.9 Å². The van der Waals surface area contributed by atoms with Gasteiger partial charge in [-0.3, -0.25) is 4.68 Å². The fraction of sp³-hybridized carbons (Fsp3) is 0.308. The Kier molecular flexibility index (Phi) is 8.23. The van der Waals surface area contributed by atoms with Gasteiger partial charge in [-0.15, -0.1) is 24.8 Å². The number of benzene rings is 1. The first-order valence-corrected chi connectivity index (χ1v) is 5.60. The van der Waals surface area contributed by atoms with E-state index in [2.05, 4.69) is 16.5 Å². The van der Waals surface area contributed by atoms with Gasteiger partial charge < -0.3 is 10.1 Å². The molecule has 0 saturated heterocycles. The number of nitrogens with one attached hydrogen (secondary N) is 1. The maximum atomic E-state index is 5.30. The molecule has 19 heavy (non-hydrogen) atoms. The molecule has 0 unspecified atom stereocenters. The van der Waals surface area contributed by atoms with Crippen LogP contribution in [-0.2, 0) is 20.1 Å². The summed E-state index contributed by atoms with van der Waals surface area (Å²) in [7, 11) is 3.64. The summed E-state index contributed by atoms with van der Waals surface area (Å²) in [6.07, 6.45) is 1.81. The summed E-state index contributed by atoms with van der Waals surface area (Å²) in [5, 5.41) is 7.51. The first-order valence-electron chi connectivity index (χ1n) is 5.60. The summed E-state index contributed by atoms with van der Waals surface area (Å²) in [5.41, 5.74) is 2.33. The van der Waals surface area contributed by atoms with Crippen molar-refractivity contribution in [2.45, 2.75) is 13.1 Å². The van der Waals surface area contributed by atoms with Gasteiger partial charge in [0.05, 0.1) is 12.8 Å². The van der Waals surface area contributed by atoms with E-state index in [1.807, 2.05) is 36.0 Å². The first kappa shape index (κ1) is 17.8. The molecule has 0 saturated carbocycles. The molecule has 0 amide bonds. The molecule has 0 atom stereocenters. The Morgan fingerprint density at radius 2 is 1.89 bits per heavy atom. The van der Waals surface area contributed by atoms with Gasteiger partial charge in [0.1, 0.15) is 5.75 Å². The van der Waals surface area contributed by atoms with Gasteiger partial charge in [0.2, 0.25) is 0 Å². The Hall–Kier alpha value is -1.23. The Balaban J connectivity index is 0.00000162. The lowest BCUT2D eigenvalue weighted by Gasteiger charge is -2.09. The van der Waals surface area contributed by atoms with Crippen molar-refractivity contribution in [1.82, 2.24) is 15.1 Å². The van der Waals surface area contributed by atoms with Crippen molar-refractivity contribution in [2.24, 2.45) is 7.05 Å². The summed E-state index contributed by atoms with van der Waals surface area (Å²) in [5.74, 6) is 0.921. The number of aryl methyl sites for hydroxylation is 1. The SMILES string of the molecule is COc1ccccc1CNCc1ccnn1C.Cl.Cl. The second-order valence-electron chi connectivity index (χ2n) is 3.86. The normalized spacial score (nSPS) is 9.37. The lowest BCUT2D eigenvalue weighted by Crippen LogP contribution is -2.15. The molecule has 4 nitrogen and oxygen atoms in total. The molecule has 1 aromatic carbocycles. The number of rotatable bonds is 5. The van der Waals surface area contributed by atoms with Gasteiger partial charge in [0.25, 0.3) is 0 Å². The quantitative estimate of drug-likeness (QED) is 0.923. The average molecular weight is 304 g/mol. The van der Waals surface area contributed by atoms with Crippen molar-refractivity contribution in [3.8, 4) is 5.75 Å². The van der Waals surface area contributed by atoms with E-state index in [4.69, 9.17) is 4.74 Å². The topological polar surface area (TPSA) is 39.1 Å². The minimum atomic E-state index is 0. The van der Waals surface area contributed by atoms with Crippen molar-refractivity contribution in [3.05, 3.63) is 47.8 Å². The zero-order valence-corrected chi connectivity index (χ0v) is 12.6. The Labute approximate surface area is 126 Å². The van der Waals surface area contributed by atoms with Gasteiger partial charge in [-0.1, -0.05) is 18.2 Å². The molecule has 0 aliphatic carbocycles. The van der Waals surface area contributed by atoms with Gasteiger partial charge in [-0.05, 0) is 12.1 Å². The van der Waals surface area contributed by atoms with Crippen molar-refractivity contribution in [1.29, 1.82) is 0 Å². The maximum Gasteiger partial charge on any atom is 0.123 e. The number of ether oxygens (including phenoxy) is 1. The number of methoxy groups -OCH3 is 1. The summed E-state index contributed by atoms with van der Waals surface area (Å²) in [6.45, 7) is 1.59. The van der Waals surface area contributed by atoms with Crippen LogP contribution in [0.25, 0.3) is 0 Å². The Bertz CT molecular complexity index is 488. The molecular weight excluding hydrogens is 285 g/mol. The predicted molar refractivity (Wildman–Crippen MR) is 81.2 cm³/mol. The monoisotopic (exact) mass is 303 g/mol. The smallest absolute Gasteiger partial charge is 0.123 e. The molecule has 0 aliphatic rings. The number of nitrogens with zero attached hydrogens (tertiary/aromatic N) is 2. The van der Waals surface area contributed by atoms with Crippen LogP contribution in [0.15, 0.2) is 36.5 Å². The molecule has 1 heterocycles. The van der Waals surface area contributed by atoms with E-state index in [1.165, 1.54) is 5.69 Å². The Morgan fingerprint density at radius 3 is 2.53 bits per heavy atom. The second kappa shape index (κ2) is 8.80. The molecule has 106 valence electrons. The van der Waals surface area contributed by atoms with Crippen LogP contribution in [0.3, 0.4) is 0 Å². The zero-order valence-electron chi connectivity index (χ0n) is 11.0. The lowest BCUT2D eigenvalue weighted by atomic mass is 10.2. The number of para-hydroxylation sites is 1. The summed E-state index contributed by atoms with van der Waals surface area (Å²) >= 11 is 0. The van der Waals surface area contributed by atoms with Gasteiger partial charge in [-0.2, -0.15) is 5.10 Å². The molecule has 0 aliphatic heterocycles. The van der Waals surface area contributed by atoms with Crippen LogP contribution < -0.4 is 10.1 Å². The summed E-state index contributed by atoms with van der Waals surface area (Å²) < 4.78 is 7.17. The first-order chi connectivity index (χ1) is 8.31. The van der Waals surface area contributed by atoms with Crippen LogP contribution in [0.2, 0.25) is 0 Å². The molecule has 2 rings (SSSR count). The highest BCUT2D eigenvalue weighted by Gasteiger charge is 2.02. The van der Waals surface area contributed by atoms with Crippen LogP contribution in [0, 0.1) is 0 Å². The van der Waals surface area contributed by atoms with Gasteiger partial charge in [0.15, 0.2) is 0 Å². The van der Waals surface area contributed by atoms with Crippen molar-refractivity contribution in [3.63, 3.8) is 0 Å². The third kappa shape index (κ3) is 4.74. The molecule has 6 heteroatoms. The molecule has 0 bridgehead atoms. The van der Waals surface area contributed by atoms with E-state index >= 15 is 0 Å². The fourth-order valence-electron chi connectivity index (χ4n) is 1.75. The van der Waals surface area contributed by atoms with E-state index in [0.29, 0.717) is 0 Å². The molecule has 0 fully saturated rings. The van der Waals surface area contributed by atoms with Crippen LogP contribution in [0.4, 0.5) is 0 Å². The van der Waals surface area contributed by atoms with E-state index in [1.54, 1.807) is 13.3 Å². The van der Waals surface area contributed by atoms with Crippen LogP contribution in [0.1, 0.15) is 11.3 Å². The lowest BCUT2D eigenvalue weighted by molar-refractivity contribution is 0.407. The zero-order chi connectivity index (χ0) is 12.1. The van der Waals surface area contributed by atoms with Crippen LogP contribution >= 0.6 is 24.8 Å². The second-order valence-corrected chi connectivity index (χ2v) is 3.86. The number of hydrogen-bond donors (Lipinski definition) is 1. The highest BCUT2D eigenvalue weighted by molar-refractivity contribution is 5.85. The van der Waals surface area contributed by atoms with Crippen molar-refractivity contribution < 1.29 is 4.74 Å². The third-order valence-electron chi connectivity index (χ3n) is 2.74. The highest BCUT2D eigenvalue weighted by Crippen LogP contribution is 2.16.